The summed E-state index contributed by atoms with van der Waals surface area (Å²) in [5.74, 6) is -0.868. The molecule has 2 N–H and O–H groups in total. The van der Waals surface area contributed by atoms with Gasteiger partial charge in [-0.3, -0.25) is 38.6 Å². The van der Waals surface area contributed by atoms with E-state index in [2.05, 4.69) is 75.8 Å². The average Bonchev–Trinajstić information content (AvgIpc) is 0.936. The fourth-order valence-electron chi connectivity index (χ4n) is 14.8. The van der Waals surface area contributed by atoms with Crippen LogP contribution in [0.3, 0.4) is 0 Å². The minimum Gasteiger partial charge on any atom is -0.466 e. The molecule has 14 heteroatoms. The third-order valence-corrected chi connectivity index (χ3v) is 22.2. The Labute approximate surface area is 668 Å². The number of ether oxygens (including phenoxy) is 4. The van der Waals surface area contributed by atoms with Gasteiger partial charge in [-0.15, -0.1) is 0 Å². The topological polar surface area (TPSA) is 170 Å². The lowest BCUT2D eigenvalue weighted by atomic mass is 10.0. The number of nitrogens with one attached hydrogen (secondary N) is 2. The summed E-state index contributed by atoms with van der Waals surface area (Å²) in [6.45, 7) is 23.2. The highest BCUT2D eigenvalue weighted by Gasteiger charge is 2.20. The third-order valence-electron chi connectivity index (χ3n) is 22.2. The van der Waals surface area contributed by atoms with E-state index in [-0.39, 0.29) is 60.0 Å². The van der Waals surface area contributed by atoms with Crippen molar-refractivity contribution in [3.8, 4) is 0 Å². The number of hydrogen-bond donors (Lipinski definition) is 2. The maximum atomic E-state index is 13.4. The Kier molecular flexibility index (Phi) is 80.2. The third kappa shape index (κ3) is 73.9. The van der Waals surface area contributed by atoms with Crippen LogP contribution < -0.4 is 10.6 Å². The van der Waals surface area contributed by atoms with Gasteiger partial charge < -0.3 is 29.6 Å². The van der Waals surface area contributed by atoms with Gasteiger partial charge in [0.05, 0.1) is 13.2 Å². The molecule has 0 bridgehead atoms. The molecule has 0 saturated heterocycles. The average molecular weight is 1530 g/mol. The van der Waals surface area contributed by atoms with Crippen LogP contribution in [0.15, 0.2) is 12.2 Å². The molecule has 2 unspecified atom stereocenters. The standard InChI is InChI=1S/C94H180N4O10/c1-9-15-21-27-33-35-37-49-65-81-105-91(101)71-59-51-63-79-97(77-61-47-39-45-57-73-93(103)107-87(67-53-41-29-23-17-11-3)68-54-42-30-24-18-12-4)85(7)83-95-89(99)75-76-90(100)96-84-86(8)98(80-64-52-60-72-92(102)106-82-66-50-38-36-34-28-22-16-10-2)78-62-48-40-46-58-74-94(104)108-88(69-55-43-31-25-19-13-5)70-56-44-32-26-20-14-6/h75-76,85-88H,9-74,77-84H2,1-8H3,(H,95,99)(H,96,100)/b76-75+. The van der Waals surface area contributed by atoms with E-state index in [0.29, 0.717) is 52.0 Å². The molecule has 0 aliphatic heterocycles. The minimum absolute atomic E-state index is 0.0326. The van der Waals surface area contributed by atoms with Gasteiger partial charge in [-0.1, -0.05) is 324 Å². The van der Waals surface area contributed by atoms with Crippen molar-refractivity contribution in [2.75, 3.05) is 52.5 Å². The lowest BCUT2D eigenvalue weighted by molar-refractivity contribution is -0.151. The number of hydrogen-bond acceptors (Lipinski definition) is 12. The van der Waals surface area contributed by atoms with E-state index in [1.807, 2.05) is 0 Å². The molecule has 0 fully saturated rings. The first kappa shape index (κ1) is 104. The molecule has 0 aromatic heterocycles. The smallest absolute Gasteiger partial charge is 0.306 e. The molecule has 636 valence electrons. The van der Waals surface area contributed by atoms with Crippen LogP contribution in [-0.4, -0.2) is 122 Å². The summed E-state index contributed by atoms with van der Waals surface area (Å²) in [5, 5.41) is 6.16. The van der Waals surface area contributed by atoms with Crippen molar-refractivity contribution in [2.24, 2.45) is 0 Å². The first-order valence-corrected chi connectivity index (χ1v) is 47.3. The largest absolute Gasteiger partial charge is 0.466 e. The number of unbranched alkanes of at least 4 members (excludes halogenated alkanes) is 48. The van der Waals surface area contributed by atoms with Gasteiger partial charge in [-0.25, -0.2) is 0 Å². The zero-order valence-electron chi connectivity index (χ0n) is 72.8. The summed E-state index contributed by atoms with van der Waals surface area (Å²) in [6.07, 6.45) is 75.9. The van der Waals surface area contributed by atoms with Crippen molar-refractivity contribution in [1.82, 2.24) is 20.4 Å². The molecule has 14 nitrogen and oxygen atoms in total. The van der Waals surface area contributed by atoms with Crippen molar-refractivity contribution in [2.45, 2.75) is 503 Å². The van der Waals surface area contributed by atoms with Crippen molar-refractivity contribution >= 4 is 35.7 Å². The molecule has 0 aromatic carbocycles. The SMILES string of the molecule is CCCCCCCCCCCOC(=O)CCCCCN(CCCCCCCC(=O)OC(CCCCCCCC)CCCCCCCC)C(C)CNC(=O)/C=C/C(=O)NCC(C)N(CCCCCCCC(=O)OC(CCCCCCCC)CCCCCCCC)CCCCCC(=O)OCCCCCCCCCCC. The van der Waals surface area contributed by atoms with Gasteiger partial charge in [0.2, 0.25) is 11.8 Å². The molecule has 2 amide bonds. The monoisotopic (exact) mass is 1530 g/mol. The Balaban J connectivity index is 5.62. The predicted molar refractivity (Wildman–Crippen MR) is 458 cm³/mol. The zero-order chi connectivity index (χ0) is 78.9. The molecule has 0 heterocycles. The zero-order valence-corrected chi connectivity index (χ0v) is 72.8. The fourth-order valence-corrected chi connectivity index (χ4v) is 14.8. The van der Waals surface area contributed by atoms with Crippen LogP contribution >= 0.6 is 0 Å². The van der Waals surface area contributed by atoms with E-state index in [4.69, 9.17) is 18.9 Å². The molecule has 0 spiro atoms. The number of esters is 4. The van der Waals surface area contributed by atoms with Crippen LogP contribution in [-0.2, 0) is 47.7 Å². The maximum Gasteiger partial charge on any atom is 0.306 e. The first-order chi connectivity index (χ1) is 52.8. The lowest BCUT2D eigenvalue weighted by Crippen LogP contribution is -2.43. The summed E-state index contributed by atoms with van der Waals surface area (Å²) in [5.41, 5.74) is 0. The maximum absolute atomic E-state index is 13.4. The van der Waals surface area contributed by atoms with E-state index in [0.717, 1.165) is 206 Å². The molecule has 108 heavy (non-hydrogen) atoms. The van der Waals surface area contributed by atoms with Crippen molar-refractivity contribution in [1.29, 1.82) is 0 Å². The Hall–Kier alpha value is -3.52. The lowest BCUT2D eigenvalue weighted by Gasteiger charge is -2.29. The molecular formula is C94H180N4O10. The summed E-state index contributed by atoms with van der Waals surface area (Å²) >= 11 is 0. The van der Waals surface area contributed by atoms with Gasteiger partial charge in [0.1, 0.15) is 12.2 Å². The van der Waals surface area contributed by atoms with Crippen molar-refractivity contribution in [3.05, 3.63) is 12.2 Å². The minimum atomic E-state index is -0.303. The van der Waals surface area contributed by atoms with Gasteiger partial charge in [0.15, 0.2) is 0 Å². The van der Waals surface area contributed by atoms with Gasteiger partial charge in [0, 0.05) is 63.0 Å². The van der Waals surface area contributed by atoms with Crippen molar-refractivity contribution < 1.29 is 47.7 Å². The Morgan fingerprint density at radius 2 is 0.463 bits per heavy atom. The number of amides is 2. The predicted octanol–water partition coefficient (Wildman–Crippen LogP) is 25.9. The van der Waals surface area contributed by atoms with Gasteiger partial charge in [-0.05, 0) is 156 Å². The Morgan fingerprint density at radius 3 is 0.722 bits per heavy atom. The molecule has 0 aliphatic carbocycles. The van der Waals surface area contributed by atoms with Crippen molar-refractivity contribution in [3.63, 3.8) is 0 Å². The van der Waals surface area contributed by atoms with Crippen LogP contribution in [0, 0.1) is 0 Å². The molecule has 0 saturated carbocycles. The number of nitrogens with zero attached hydrogens (tertiary/aromatic N) is 2. The van der Waals surface area contributed by atoms with E-state index < -0.39 is 0 Å². The molecule has 2 atom stereocenters. The van der Waals surface area contributed by atoms with Gasteiger partial charge >= 0.3 is 23.9 Å². The molecule has 0 aromatic rings. The van der Waals surface area contributed by atoms with E-state index >= 15 is 0 Å². The Morgan fingerprint density at radius 1 is 0.259 bits per heavy atom. The highest BCUT2D eigenvalue weighted by molar-refractivity contribution is 5.96. The molecule has 0 radical (unpaired) electrons. The molecule has 0 aliphatic rings. The van der Waals surface area contributed by atoms with E-state index in [1.165, 1.54) is 230 Å². The molecular weight excluding hydrogens is 1350 g/mol. The molecule has 0 rings (SSSR count). The van der Waals surface area contributed by atoms with E-state index in [1.54, 1.807) is 0 Å². The van der Waals surface area contributed by atoms with Crippen LogP contribution in [0.4, 0.5) is 0 Å². The second-order valence-electron chi connectivity index (χ2n) is 32.8. The van der Waals surface area contributed by atoms with Gasteiger partial charge in [0.25, 0.3) is 0 Å². The number of carbonyl (C=O) groups excluding carboxylic acids is 6. The highest BCUT2D eigenvalue weighted by atomic mass is 16.6. The van der Waals surface area contributed by atoms with Crippen LogP contribution in [0.2, 0.25) is 0 Å². The summed E-state index contributed by atoms with van der Waals surface area (Å²) < 4.78 is 23.5. The van der Waals surface area contributed by atoms with E-state index in [9.17, 15) is 28.8 Å². The summed E-state index contributed by atoms with van der Waals surface area (Å²) in [6, 6.07) is 0.118. The summed E-state index contributed by atoms with van der Waals surface area (Å²) in [4.78, 5) is 83.2. The number of carbonyl (C=O) groups is 6. The second-order valence-corrected chi connectivity index (χ2v) is 32.8. The normalized spacial score (nSPS) is 12.3. The highest BCUT2D eigenvalue weighted by Crippen LogP contribution is 2.23. The second kappa shape index (κ2) is 82.9. The van der Waals surface area contributed by atoms with Crippen LogP contribution in [0.25, 0.3) is 0 Å². The summed E-state index contributed by atoms with van der Waals surface area (Å²) in [7, 11) is 0. The fraction of sp³-hybridized carbons (Fsp3) is 0.915. The first-order valence-electron chi connectivity index (χ1n) is 47.3. The van der Waals surface area contributed by atoms with Crippen LogP contribution in [0.5, 0.6) is 0 Å². The number of rotatable bonds is 86. The Bertz CT molecular complexity index is 1850. The quantitative estimate of drug-likeness (QED) is 0.0256. The van der Waals surface area contributed by atoms with Crippen LogP contribution in [0.1, 0.15) is 479 Å². The van der Waals surface area contributed by atoms with Gasteiger partial charge in [-0.2, -0.15) is 0 Å².